The third-order valence-electron chi connectivity index (χ3n) is 5.01. The zero-order chi connectivity index (χ0) is 14.6. The van der Waals surface area contributed by atoms with Crippen LogP contribution >= 0.6 is 0 Å². The van der Waals surface area contributed by atoms with Gasteiger partial charge in [0.15, 0.2) is 0 Å². The minimum absolute atomic E-state index is 0.304. The van der Waals surface area contributed by atoms with Crippen LogP contribution in [0.2, 0.25) is 0 Å². The molecule has 1 aromatic carbocycles. The average molecular weight is 275 g/mol. The van der Waals surface area contributed by atoms with Crippen molar-refractivity contribution in [3.05, 3.63) is 29.8 Å². The maximum absolute atomic E-state index is 6.30. The highest BCUT2D eigenvalue weighted by molar-refractivity contribution is 5.28. The molecular weight excluding hydrogens is 246 g/mol. The molecule has 112 valence electrons. The number of hydrogen-bond acceptors (Lipinski definition) is 2. The van der Waals surface area contributed by atoms with E-state index >= 15 is 0 Å². The number of nitrogens with one attached hydrogen (secondary N) is 1. The van der Waals surface area contributed by atoms with Crippen LogP contribution in [0.25, 0.3) is 0 Å². The molecule has 1 aliphatic carbocycles. The predicted molar refractivity (Wildman–Crippen MR) is 85.3 cm³/mol. The summed E-state index contributed by atoms with van der Waals surface area (Å²) in [5.74, 6) is 1.02. The Bertz CT molecular complexity index is 425. The molecule has 1 aliphatic rings. The van der Waals surface area contributed by atoms with E-state index in [1.54, 1.807) is 0 Å². The van der Waals surface area contributed by atoms with Gasteiger partial charge in [-0.15, -0.1) is 0 Å². The Morgan fingerprint density at radius 3 is 2.60 bits per heavy atom. The van der Waals surface area contributed by atoms with Crippen molar-refractivity contribution in [2.45, 2.75) is 65.5 Å². The van der Waals surface area contributed by atoms with Crippen molar-refractivity contribution in [3.8, 4) is 5.75 Å². The summed E-state index contributed by atoms with van der Waals surface area (Å²) in [5, 5.41) is 3.71. The van der Waals surface area contributed by atoms with Crippen molar-refractivity contribution in [3.63, 3.8) is 0 Å². The zero-order valence-electron chi connectivity index (χ0n) is 13.4. The van der Waals surface area contributed by atoms with E-state index in [0.29, 0.717) is 17.6 Å². The van der Waals surface area contributed by atoms with Crippen LogP contribution in [-0.2, 0) is 0 Å². The van der Waals surface area contributed by atoms with Crippen LogP contribution < -0.4 is 10.1 Å². The first-order valence-corrected chi connectivity index (χ1v) is 8.13. The molecule has 2 nitrogen and oxygen atoms in total. The van der Waals surface area contributed by atoms with E-state index in [1.165, 1.54) is 24.8 Å². The fraction of sp³-hybridized carbons (Fsp3) is 0.667. The van der Waals surface area contributed by atoms with Crippen LogP contribution in [0.1, 0.15) is 52.0 Å². The molecule has 0 spiro atoms. The second-order valence-electron chi connectivity index (χ2n) is 6.11. The van der Waals surface area contributed by atoms with Crippen LogP contribution in [0.5, 0.6) is 5.75 Å². The standard InChI is InChI=1S/C18H29NO/c1-5-11-19-16-13-17(18(16,6-2)7-3)20-15-10-8-9-14(4)12-15/h8-10,12,16-17,19H,5-7,11,13H2,1-4H3. The van der Waals surface area contributed by atoms with E-state index in [-0.39, 0.29) is 0 Å². The van der Waals surface area contributed by atoms with Crippen molar-refractivity contribution in [2.75, 3.05) is 6.54 Å². The number of hydrogen-bond donors (Lipinski definition) is 1. The molecule has 1 fully saturated rings. The van der Waals surface area contributed by atoms with E-state index < -0.39 is 0 Å². The number of aryl methyl sites for hydroxylation is 1. The first-order chi connectivity index (χ1) is 9.66. The van der Waals surface area contributed by atoms with Crippen molar-refractivity contribution >= 4 is 0 Å². The maximum atomic E-state index is 6.30. The second-order valence-corrected chi connectivity index (χ2v) is 6.11. The van der Waals surface area contributed by atoms with Crippen LogP contribution in [0.3, 0.4) is 0 Å². The SMILES string of the molecule is CCCNC1CC(Oc2cccc(C)c2)C1(CC)CC. The van der Waals surface area contributed by atoms with Gasteiger partial charge in [0.2, 0.25) is 0 Å². The van der Waals surface area contributed by atoms with Crippen molar-refractivity contribution in [1.82, 2.24) is 5.32 Å². The lowest BCUT2D eigenvalue weighted by molar-refractivity contribution is -0.0858. The van der Waals surface area contributed by atoms with Crippen LogP contribution in [0.15, 0.2) is 24.3 Å². The molecule has 0 radical (unpaired) electrons. The van der Waals surface area contributed by atoms with Crippen molar-refractivity contribution in [2.24, 2.45) is 5.41 Å². The van der Waals surface area contributed by atoms with Gasteiger partial charge in [-0.3, -0.25) is 0 Å². The third kappa shape index (κ3) is 2.85. The van der Waals surface area contributed by atoms with E-state index in [4.69, 9.17) is 4.74 Å². The number of ether oxygens (including phenoxy) is 1. The lowest BCUT2D eigenvalue weighted by atomic mass is 9.58. The molecule has 0 aliphatic heterocycles. The Labute approximate surface area is 123 Å². The Kier molecular flexibility index (Phi) is 5.09. The average Bonchev–Trinajstić information content (AvgIpc) is 2.43. The summed E-state index contributed by atoms with van der Waals surface area (Å²) in [6.07, 6.45) is 5.05. The highest BCUT2D eigenvalue weighted by atomic mass is 16.5. The third-order valence-corrected chi connectivity index (χ3v) is 5.01. The first-order valence-electron chi connectivity index (χ1n) is 8.13. The molecular formula is C18H29NO. The molecule has 0 heterocycles. The normalized spacial score (nSPS) is 24.2. The lowest BCUT2D eigenvalue weighted by Crippen LogP contribution is -2.64. The fourth-order valence-electron chi connectivity index (χ4n) is 3.57. The number of benzene rings is 1. The van der Waals surface area contributed by atoms with E-state index in [0.717, 1.165) is 18.7 Å². The molecule has 1 saturated carbocycles. The van der Waals surface area contributed by atoms with Crippen molar-refractivity contribution < 1.29 is 4.74 Å². The molecule has 2 rings (SSSR count). The highest BCUT2D eigenvalue weighted by Gasteiger charge is 2.53. The number of rotatable bonds is 7. The van der Waals surface area contributed by atoms with Gasteiger partial charge in [0.05, 0.1) is 0 Å². The summed E-state index contributed by atoms with van der Waals surface area (Å²) in [6, 6.07) is 9.04. The van der Waals surface area contributed by atoms with Gasteiger partial charge >= 0.3 is 0 Å². The minimum Gasteiger partial charge on any atom is -0.490 e. The van der Waals surface area contributed by atoms with Gasteiger partial charge in [-0.25, -0.2) is 0 Å². The van der Waals surface area contributed by atoms with Gasteiger partial charge in [-0.2, -0.15) is 0 Å². The topological polar surface area (TPSA) is 21.3 Å². The molecule has 20 heavy (non-hydrogen) atoms. The van der Waals surface area contributed by atoms with E-state index in [1.807, 2.05) is 0 Å². The second kappa shape index (κ2) is 6.62. The maximum Gasteiger partial charge on any atom is 0.120 e. The quantitative estimate of drug-likeness (QED) is 0.800. The molecule has 1 N–H and O–H groups in total. The van der Waals surface area contributed by atoms with Crippen molar-refractivity contribution in [1.29, 1.82) is 0 Å². The minimum atomic E-state index is 0.304. The Balaban J connectivity index is 2.05. The Hall–Kier alpha value is -1.02. The lowest BCUT2D eigenvalue weighted by Gasteiger charge is -2.55. The highest BCUT2D eigenvalue weighted by Crippen LogP contribution is 2.49. The van der Waals surface area contributed by atoms with Crippen LogP contribution in [0, 0.1) is 12.3 Å². The van der Waals surface area contributed by atoms with Gasteiger partial charge in [-0.1, -0.05) is 32.9 Å². The first kappa shape index (κ1) is 15.4. The molecule has 1 aromatic rings. The monoisotopic (exact) mass is 275 g/mol. The summed E-state index contributed by atoms with van der Waals surface area (Å²) in [7, 11) is 0. The van der Waals surface area contributed by atoms with Gasteiger partial charge in [0.1, 0.15) is 11.9 Å². The summed E-state index contributed by atoms with van der Waals surface area (Å²) < 4.78 is 6.30. The Morgan fingerprint density at radius 1 is 1.25 bits per heavy atom. The van der Waals surface area contributed by atoms with E-state index in [9.17, 15) is 0 Å². The molecule has 0 aromatic heterocycles. The zero-order valence-corrected chi connectivity index (χ0v) is 13.4. The van der Waals surface area contributed by atoms with Gasteiger partial charge < -0.3 is 10.1 Å². The Morgan fingerprint density at radius 2 is 2.00 bits per heavy atom. The van der Waals surface area contributed by atoms with Gasteiger partial charge in [0.25, 0.3) is 0 Å². The van der Waals surface area contributed by atoms with Crippen LogP contribution in [0.4, 0.5) is 0 Å². The largest absolute Gasteiger partial charge is 0.490 e. The predicted octanol–water partition coefficient (Wildman–Crippen LogP) is 4.32. The molecule has 2 heteroatoms. The van der Waals surface area contributed by atoms with Gasteiger partial charge in [0, 0.05) is 17.9 Å². The van der Waals surface area contributed by atoms with E-state index in [2.05, 4.69) is 57.3 Å². The van der Waals surface area contributed by atoms with Crippen LogP contribution in [-0.4, -0.2) is 18.7 Å². The molecule has 2 unspecified atom stereocenters. The molecule has 0 bridgehead atoms. The summed E-state index contributed by atoms with van der Waals surface area (Å²) >= 11 is 0. The van der Waals surface area contributed by atoms with Gasteiger partial charge in [-0.05, 0) is 50.4 Å². The molecule has 0 saturated heterocycles. The summed E-state index contributed by atoms with van der Waals surface area (Å²) in [4.78, 5) is 0. The molecule has 0 amide bonds. The molecule has 2 atom stereocenters. The summed E-state index contributed by atoms with van der Waals surface area (Å²) in [6.45, 7) is 10.1. The summed E-state index contributed by atoms with van der Waals surface area (Å²) in [5.41, 5.74) is 1.57. The smallest absolute Gasteiger partial charge is 0.120 e. The fourth-order valence-corrected chi connectivity index (χ4v) is 3.57.